The predicted octanol–water partition coefficient (Wildman–Crippen LogP) is 4.62. The first kappa shape index (κ1) is 19.5. The average Bonchev–Trinajstić information content (AvgIpc) is 3.51. The monoisotopic (exact) mass is 459 g/mol. The summed E-state index contributed by atoms with van der Waals surface area (Å²) in [4.78, 5) is 44.3. The van der Waals surface area contributed by atoms with Crippen LogP contribution in [0.15, 0.2) is 58.9 Å². The number of benzene rings is 3. The zero-order valence-corrected chi connectivity index (χ0v) is 18.5. The molecule has 4 aromatic rings. The highest BCUT2D eigenvalue weighted by molar-refractivity contribution is 8.01. The number of fused-ring (bicyclic) bond motifs is 1. The molecule has 0 bridgehead atoms. The number of thiazole rings is 1. The molecular formula is C24H17N3O3S2. The molecule has 158 valence electrons. The zero-order valence-electron chi connectivity index (χ0n) is 16.8. The third kappa shape index (κ3) is 3.27. The fraction of sp³-hybridized carbons (Fsp3) is 0.167. The van der Waals surface area contributed by atoms with Crippen molar-refractivity contribution in [2.75, 3.05) is 10.7 Å². The van der Waals surface area contributed by atoms with Gasteiger partial charge in [-0.1, -0.05) is 36.0 Å². The lowest BCUT2D eigenvalue weighted by molar-refractivity contribution is -0.118. The highest BCUT2D eigenvalue weighted by Gasteiger charge is 2.34. The van der Waals surface area contributed by atoms with Gasteiger partial charge in [-0.3, -0.25) is 14.4 Å². The molecule has 1 saturated carbocycles. The molecular weight excluding hydrogens is 442 g/mol. The lowest BCUT2D eigenvalue weighted by Gasteiger charge is -2.27. The Kier molecular flexibility index (Phi) is 4.51. The first-order chi connectivity index (χ1) is 15.6. The second-order valence-corrected chi connectivity index (χ2v) is 10.2. The molecule has 0 spiro atoms. The van der Waals surface area contributed by atoms with Crippen LogP contribution < -0.4 is 10.2 Å². The minimum absolute atomic E-state index is 0.0230. The number of carbonyl (C=O) groups is 3. The predicted molar refractivity (Wildman–Crippen MR) is 127 cm³/mol. The number of hydrogen-bond acceptors (Lipinski definition) is 6. The Hall–Kier alpha value is -3.23. The topological polar surface area (TPSA) is 79.4 Å². The molecule has 2 aliphatic rings. The average molecular weight is 460 g/mol. The number of imide groups is 1. The summed E-state index contributed by atoms with van der Waals surface area (Å²) < 4.78 is 1.65. The molecule has 1 aliphatic carbocycles. The molecule has 0 radical (unpaired) electrons. The van der Waals surface area contributed by atoms with Crippen LogP contribution in [-0.2, 0) is 4.79 Å². The number of aromatic nitrogens is 1. The van der Waals surface area contributed by atoms with Gasteiger partial charge >= 0.3 is 0 Å². The van der Waals surface area contributed by atoms with Crippen molar-refractivity contribution in [1.82, 2.24) is 10.3 Å². The van der Waals surface area contributed by atoms with Gasteiger partial charge < -0.3 is 5.32 Å². The van der Waals surface area contributed by atoms with Crippen LogP contribution in [0, 0.1) is 0 Å². The summed E-state index contributed by atoms with van der Waals surface area (Å²) in [5.74, 6) is -0.300. The van der Waals surface area contributed by atoms with E-state index in [2.05, 4.69) is 10.3 Å². The summed E-state index contributed by atoms with van der Waals surface area (Å²) >= 11 is 2.86. The minimum atomic E-state index is -0.325. The van der Waals surface area contributed by atoms with Crippen LogP contribution in [0.2, 0.25) is 0 Å². The van der Waals surface area contributed by atoms with E-state index in [0.717, 1.165) is 32.8 Å². The smallest absolute Gasteiger partial charge is 0.265 e. The van der Waals surface area contributed by atoms with Gasteiger partial charge in [0.25, 0.3) is 11.8 Å². The Morgan fingerprint density at radius 2 is 1.78 bits per heavy atom. The van der Waals surface area contributed by atoms with Gasteiger partial charge in [0.15, 0.2) is 4.34 Å². The van der Waals surface area contributed by atoms with Gasteiger partial charge in [-0.05, 0) is 48.6 Å². The molecule has 0 saturated heterocycles. The number of nitrogens with zero attached hydrogens (tertiary/aromatic N) is 2. The van der Waals surface area contributed by atoms with Gasteiger partial charge in [0.1, 0.15) is 0 Å². The highest BCUT2D eigenvalue weighted by atomic mass is 32.2. The van der Waals surface area contributed by atoms with Crippen LogP contribution in [-0.4, -0.2) is 34.5 Å². The van der Waals surface area contributed by atoms with E-state index in [0.29, 0.717) is 34.0 Å². The van der Waals surface area contributed by atoms with Crippen molar-refractivity contribution in [3.63, 3.8) is 0 Å². The number of rotatable bonds is 5. The van der Waals surface area contributed by atoms with E-state index in [1.165, 1.54) is 28.0 Å². The number of hydrogen-bond donors (Lipinski definition) is 1. The summed E-state index contributed by atoms with van der Waals surface area (Å²) in [6.07, 6.45) is 2.13. The van der Waals surface area contributed by atoms with Crippen molar-refractivity contribution < 1.29 is 14.4 Å². The standard InChI is InChI=1S/C24H17N3O3S2/c28-20(25-14-7-8-14)12-31-24-26-18-10-9-15(11-19(18)32-24)27-22(29)16-5-1-3-13-4-2-6-17(21(13)16)23(27)30/h1-6,9-11,14H,7-8,12H2,(H,25,28). The van der Waals surface area contributed by atoms with Gasteiger partial charge in [-0.15, -0.1) is 11.3 Å². The fourth-order valence-corrected chi connectivity index (χ4v) is 5.90. The van der Waals surface area contributed by atoms with Crippen LogP contribution in [0.4, 0.5) is 5.69 Å². The SMILES string of the molecule is O=C(CSc1nc2ccc(N3C(=O)c4cccc5cccc(c45)C3=O)cc2s1)NC1CC1. The van der Waals surface area contributed by atoms with Crippen molar-refractivity contribution in [3.8, 4) is 0 Å². The summed E-state index contributed by atoms with van der Waals surface area (Å²) in [6, 6.07) is 16.8. The zero-order chi connectivity index (χ0) is 21.8. The third-order valence-corrected chi connectivity index (χ3v) is 7.81. The van der Waals surface area contributed by atoms with E-state index in [-0.39, 0.29) is 17.7 Å². The molecule has 6 rings (SSSR count). The van der Waals surface area contributed by atoms with E-state index in [1.807, 2.05) is 36.4 Å². The summed E-state index contributed by atoms with van der Waals surface area (Å²) in [5.41, 5.74) is 2.36. The quantitative estimate of drug-likeness (QED) is 0.348. The molecule has 6 nitrogen and oxygen atoms in total. The molecule has 3 amide bonds. The third-order valence-electron chi connectivity index (χ3n) is 5.65. The molecule has 1 N–H and O–H groups in total. The fourth-order valence-electron chi connectivity index (χ4n) is 3.98. The number of amides is 3. The van der Waals surface area contributed by atoms with E-state index in [9.17, 15) is 14.4 Å². The Labute approximate surface area is 191 Å². The Balaban J connectivity index is 1.31. The Morgan fingerprint density at radius 1 is 1.06 bits per heavy atom. The van der Waals surface area contributed by atoms with Crippen molar-refractivity contribution in [2.24, 2.45) is 0 Å². The minimum Gasteiger partial charge on any atom is -0.353 e. The molecule has 32 heavy (non-hydrogen) atoms. The van der Waals surface area contributed by atoms with Crippen LogP contribution in [0.3, 0.4) is 0 Å². The number of thioether (sulfide) groups is 1. The van der Waals surface area contributed by atoms with Crippen molar-refractivity contribution in [2.45, 2.75) is 23.2 Å². The summed E-state index contributed by atoms with van der Waals surface area (Å²) in [5, 5.41) is 4.56. The number of anilines is 1. The van der Waals surface area contributed by atoms with Crippen LogP contribution in [0.5, 0.6) is 0 Å². The van der Waals surface area contributed by atoms with Gasteiger partial charge in [0.2, 0.25) is 5.91 Å². The maximum Gasteiger partial charge on any atom is 0.265 e. The van der Waals surface area contributed by atoms with E-state index < -0.39 is 0 Å². The van der Waals surface area contributed by atoms with Crippen LogP contribution in [0.1, 0.15) is 33.6 Å². The molecule has 1 fully saturated rings. The molecule has 2 heterocycles. The van der Waals surface area contributed by atoms with Crippen molar-refractivity contribution in [1.29, 1.82) is 0 Å². The van der Waals surface area contributed by atoms with Gasteiger partial charge in [0.05, 0.1) is 21.7 Å². The van der Waals surface area contributed by atoms with Crippen molar-refractivity contribution in [3.05, 3.63) is 65.7 Å². The van der Waals surface area contributed by atoms with Crippen molar-refractivity contribution >= 4 is 67.5 Å². The lowest BCUT2D eigenvalue weighted by atomic mass is 9.94. The van der Waals surface area contributed by atoms with Gasteiger partial charge in [-0.2, -0.15) is 0 Å². The maximum atomic E-state index is 13.3. The Bertz CT molecular complexity index is 1390. The molecule has 3 aromatic carbocycles. The van der Waals surface area contributed by atoms with E-state index in [1.54, 1.807) is 18.2 Å². The second-order valence-electron chi connectivity index (χ2n) is 7.92. The largest absolute Gasteiger partial charge is 0.353 e. The number of nitrogens with one attached hydrogen (secondary N) is 1. The first-order valence-electron chi connectivity index (χ1n) is 10.3. The van der Waals surface area contributed by atoms with Crippen LogP contribution >= 0.6 is 23.1 Å². The van der Waals surface area contributed by atoms with Crippen LogP contribution in [0.25, 0.3) is 21.0 Å². The van der Waals surface area contributed by atoms with Gasteiger partial charge in [-0.25, -0.2) is 9.88 Å². The lowest BCUT2D eigenvalue weighted by Crippen LogP contribution is -2.40. The molecule has 1 aliphatic heterocycles. The molecule has 8 heteroatoms. The highest BCUT2D eigenvalue weighted by Crippen LogP contribution is 2.36. The molecule has 0 atom stereocenters. The summed E-state index contributed by atoms with van der Waals surface area (Å²) in [7, 11) is 0. The van der Waals surface area contributed by atoms with E-state index in [4.69, 9.17) is 0 Å². The normalized spacial score (nSPS) is 15.6. The molecule has 1 aromatic heterocycles. The summed E-state index contributed by atoms with van der Waals surface area (Å²) in [6.45, 7) is 0. The first-order valence-corrected chi connectivity index (χ1v) is 12.1. The molecule has 0 unspecified atom stereocenters. The number of carbonyl (C=O) groups excluding carboxylic acids is 3. The second kappa shape index (κ2) is 7.43. The maximum absolute atomic E-state index is 13.3. The van der Waals surface area contributed by atoms with Gasteiger partial charge in [0, 0.05) is 22.6 Å². The van der Waals surface area contributed by atoms with E-state index >= 15 is 0 Å². The Morgan fingerprint density at radius 3 is 2.47 bits per heavy atom.